The average Bonchev–Trinajstić information content (AvgIpc) is 2.98. The number of nitrogens with zero attached hydrogens (tertiary/aromatic N) is 4. The van der Waals surface area contributed by atoms with Crippen molar-refractivity contribution in [1.29, 1.82) is 0 Å². The van der Waals surface area contributed by atoms with E-state index in [9.17, 15) is 0 Å². The van der Waals surface area contributed by atoms with Gasteiger partial charge in [0.25, 0.3) is 5.65 Å². The maximum atomic E-state index is 5.70. The number of hydrogen-bond donors (Lipinski definition) is 2. The lowest BCUT2D eigenvalue weighted by Crippen LogP contribution is -3.00. The largest absolute Gasteiger partial charge is 1.00 e. The van der Waals surface area contributed by atoms with Crippen LogP contribution in [0.15, 0.2) is 65.0 Å². The normalized spacial score (nSPS) is 11.3. The highest BCUT2D eigenvalue weighted by atomic mass is 79.9. The third-order valence-corrected chi connectivity index (χ3v) is 3.94. The zero-order valence-electron chi connectivity index (χ0n) is 15.3. The summed E-state index contributed by atoms with van der Waals surface area (Å²) in [4.78, 5) is 4.12. The van der Waals surface area contributed by atoms with Crippen molar-refractivity contribution in [2.24, 2.45) is 22.9 Å². The predicted octanol–water partition coefficient (Wildman–Crippen LogP) is -0.339. The molecule has 0 radical (unpaired) electrons. The maximum absolute atomic E-state index is 5.70. The van der Waals surface area contributed by atoms with Gasteiger partial charge in [0.05, 0.1) is 19.5 Å². The van der Waals surface area contributed by atoms with Gasteiger partial charge in [0, 0.05) is 18.2 Å². The summed E-state index contributed by atoms with van der Waals surface area (Å²) in [5, 5.41) is 4.11. The van der Waals surface area contributed by atoms with Crippen molar-refractivity contribution < 1.29 is 21.4 Å². The molecule has 8 heteroatoms. The third-order valence-electron chi connectivity index (χ3n) is 3.94. The number of rotatable bonds is 5. The summed E-state index contributed by atoms with van der Waals surface area (Å²) in [6.07, 6.45) is 6.87. The van der Waals surface area contributed by atoms with Gasteiger partial charge in [-0.25, -0.2) is 14.4 Å². The molecule has 0 aliphatic rings. The maximum Gasteiger partial charge on any atom is 0.286 e. The number of imidazole rings is 1. The highest BCUT2D eigenvalue weighted by molar-refractivity contribution is 8.93. The first-order valence-corrected chi connectivity index (χ1v) is 8.34. The Morgan fingerprint density at radius 2 is 1.96 bits per heavy atom. The lowest BCUT2D eigenvalue weighted by Gasteiger charge is -2.00. The molecule has 0 aliphatic heterocycles. The average molecular weight is 496 g/mol. The molecule has 2 aromatic heterocycles. The number of pyridine rings is 1. The molecule has 0 spiro atoms. The number of aliphatic imine (C=N–C) groups is 1. The quantitative estimate of drug-likeness (QED) is 0.220. The molecule has 3 N–H and O–H groups in total. The number of guanidine groups is 1. The first kappa shape index (κ1) is 22.9. The van der Waals surface area contributed by atoms with E-state index in [0.29, 0.717) is 12.5 Å². The van der Waals surface area contributed by atoms with E-state index >= 15 is 0 Å². The lowest BCUT2D eigenvalue weighted by molar-refractivity contribution is -0.510. The second-order valence-corrected chi connectivity index (χ2v) is 5.80. The Morgan fingerprint density at radius 3 is 2.63 bits per heavy atom. The minimum atomic E-state index is 0. The van der Waals surface area contributed by atoms with Gasteiger partial charge < -0.3 is 22.7 Å². The fraction of sp³-hybridized carbons (Fsp3) is 0.211. The SMILES string of the molecule is Br.CCCN=C(N)N/N=C/c1ccc(-c2c[n+]3ccccc3n2C)cc1.[Br-]. The minimum absolute atomic E-state index is 0. The van der Waals surface area contributed by atoms with Gasteiger partial charge in [0.2, 0.25) is 5.96 Å². The molecular formula is C19H24Br2N6. The highest BCUT2D eigenvalue weighted by Gasteiger charge is 2.14. The van der Waals surface area contributed by atoms with Gasteiger partial charge in [-0.15, -0.1) is 17.0 Å². The monoisotopic (exact) mass is 494 g/mol. The van der Waals surface area contributed by atoms with Gasteiger partial charge >= 0.3 is 0 Å². The first-order chi connectivity index (χ1) is 12.2. The van der Waals surface area contributed by atoms with E-state index in [1.807, 2.05) is 24.3 Å². The van der Waals surface area contributed by atoms with Gasteiger partial charge in [-0.1, -0.05) is 25.1 Å². The molecule has 0 amide bonds. The number of hydrazone groups is 1. The number of nitrogens with two attached hydrogens (primary N) is 1. The number of hydrogen-bond acceptors (Lipinski definition) is 2. The highest BCUT2D eigenvalue weighted by Crippen LogP contribution is 2.19. The van der Waals surface area contributed by atoms with Crippen molar-refractivity contribution in [2.45, 2.75) is 13.3 Å². The van der Waals surface area contributed by atoms with Crippen molar-refractivity contribution in [3.8, 4) is 11.3 Å². The number of aromatic nitrogens is 2. The Kier molecular flexibility index (Phi) is 9.17. The molecule has 0 saturated carbocycles. The molecule has 0 saturated heterocycles. The molecular weight excluding hydrogens is 472 g/mol. The van der Waals surface area contributed by atoms with Crippen molar-refractivity contribution >= 4 is 34.8 Å². The van der Waals surface area contributed by atoms with Gasteiger partial charge in [-0.2, -0.15) is 5.10 Å². The molecule has 3 rings (SSSR count). The lowest BCUT2D eigenvalue weighted by atomic mass is 10.1. The summed E-state index contributed by atoms with van der Waals surface area (Å²) in [7, 11) is 2.07. The summed E-state index contributed by atoms with van der Waals surface area (Å²) in [6.45, 7) is 2.75. The van der Waals surface area contributed by atoms with Crippen LogP contribution >= 0.6 is 17.0 Å². The van der Waals surface area contributed by atoms with Crippen LogP contribution in [0.3, 0.4) is 0 Å². The second kappa shape index (κ2) is 10.8. The van der Waals surface area contributed by atoms with E-state index in [1.54, 1.807) is 6.21 Å². The van der Waals surface area contributed by atoms with Crippen LogP contribution in [-0.2, 0) is 7.05 Å². The molecule has 6 nitrogen and oxygen atoms in total. The molecule has 0 atom stereocenters. The number of halogens is 2. The van der Waals surface area contributed by atoms with Crippen LogP contribution in [0.5, 0.6) is 0 Å². The van der Waals surface area contributed by atoms with Crippen LogP contribution in [0, 0.1) is 0 Å². The van der Waals surface area contributed by atoms with Gasteiger partial charge in [-0.3, -0.25) is 4.99 Å². The Hall–Kier alpha value is -2.19. The molecule has 0 aliphatic carbocycles. The topological polar surface area (TPSA) is 71.8 Å². The van der Waals surface area contributed by atoms with Crippen LogP contribution in [0.2, 0.25) is 0 Å². The molecule has 1 aromatic carbocycles. The Morgan fingerprint density at radius 1 is 1.22 bits per heavy atom. The summed E-state index contributed by atoms with van der Waals surface area (Å²) < 4.78 is 4.29. The minimum Gasteiger partial charge on any atom is -1.00 e. The Balaban J connectivity index is 0.00000182. The van der Waals surface area contributed by atoms with Crippen molar-refractivity contribution in [3.05, 3.63) is 60.4 Å². The van der Waals surface area contributed by atoms with E-state index in [2.05, 4.69) is 69.1 Å². The molecule has 0 fully saturated rings. The molecule has 144 valence electrons. The molecule has 2 heterocycles. The summed E-state index contributed by atoms with van der Waals surface area (Å²) in [5.41, 5.74) is 12.9. The van der Waals surface area contributed by atoms with Gasteiger partial charge in [-0.05, 0) is 30.2 Å². The Bertz CT molecular complexity index is 916. The van der Waals surface area contributed by atoms with Gasteiger partial charge in [0.1, 0.15) is 6.20 Å². The van der Waals surface area contributed by atoms with E-state index in [4.69, 9.17) is 5.73 Å². The zero-order valence-corrected chi connectivity index (χ0v) is 18.6. The Labute approximate surface area is 180 Å². The van der Waals surface area contributed by atoms with Crippen LogP contribution in [0.1, 0.15) is 18.9 Å². The number of nitrogens with one attached hydrogen (secondary N) is 1. The molecule has 0 bridgehead atoms. The summed E-state index contributed by atoms with van der Waals surface area (Å²) in [5.74, 6) is 0.335. The second-order valence-electron chi connectivity index (χ2n) is 5.80. The van der Waals surface area contributed by atoms with Crippen LogP contribution < -0.4 is 32.5 Å². The smallest absolute Gasteiger partial charge is 0.286 e. The van der Waals surface area contributed by atoms with Crippen LogP contribution in [0.4, 0.5) is 0 Å². The predicted molar refractivity (Wildman–Crippen MR) is 112 cm³/mol. The first-order valence-electron chi connectivity index (χ1n) is 8.34. The molecule has 3 aromatic rings. The summed E-state index contributed by atoms with van der Waals surface area (Å²) >= 11 is 0. The molecule has 27 heavy (non-hydrogen) atoms. The fourth-order valence-electron chi connectivity index (χ4n) is 2.63. The van der Waals surface area contributed by atoms with Crippen LogP contribution in [-0.4, -0.2) is 23.3 Å². The zero-order chi connectivity index (χ0) is 17.6. The van der Waals surface area contributed by atoms with Crippen molar-refractivity contribution in [3.63, 3.8) is 0 Å². The number of benzene rings is 1. The molecule has 0 unspecified atom stereocenters. The van der Waals surface area contributed by atoms with Crippen molar-refractivity contribution in [2.75, 3.05) is 6.54 Å². The van der Waals surface area contributed by atoms with E-state index in [-0.39, 0.29) is 34.0 Å². The summed E-state index contributed by atoms with van der Waals surface area (Å²) in [6, 6.07) is 14.4. The van der Waals surface area contributed by atoms with Crippen LogP contribution in [0.25, 0.3) is 16.9 Å². The number of aryl methyl sites for hydroxylation is 1. The number of fused-ring (bicyclic) bond motifs is 1. The van der Waals surface area contributed by atoms with E-state index in [1.165, 1.54) is 0 Å². The van der Waals surface area contributed by atoms with E-state index < -0.39 is 0 Å². The van der Waals surface area contributed by atoms with E-state index in [0.717, 1.165) is 28.9 Å². The fourth-order valence-corrected chi connectivity index (χ4v) is 2.63. The standard InChI is InChI=1S/C19H23N6.2BrH/c1-3-11-21-19(20)23-22-13-15-7-9-16(10-8-15)17-14-25-12-5-4-6-18(25)24(17)2;;/h4-10,12-14H,3,11H2,1-2H3,(H3,20,21,23);2*1H/q+1;;/p-1/b22-13+;;. The van der Waals surface area contributed by atoms with Crippen molar-refractivity contribution in [1.82, 2.24) is 9.99 Å². The van der Waals surface area contributed by atoms with Gasteiger partial charge in [0.15, 0.2) is 5.69 Å². The third kappa shape index (κ3) is 5.64.